The summed E-state index contributed by atoms with van der Waals surface area (Å²) >= 11 is 6.00. The van der Waals surface area contributed by atoms with E-state index in [1.165, 1.54) is 0 Å². The number of rotatable bonds is 5. The third-order valence-corrected chi connectivity index (χ3v) is 7.91. The van der Waals surface area contributed by atoms with Crippen molar-refractivity contribution in [2.75, 3.05) is 26.4 Å². The summed E-state index contributed by atoms with van der Waals surface area (Å²) in [5, 5.41) is 24.2. The van der Waals surface area contributed by atoms with Crippen molar-refractivity contribution in [3.63, 3.8) is 0 Å². The van der Waals surface area contributed by atoms with E-state index in [2.05, 4.69) is 9.13 Å². The van der Waals surface area contributed by atoms with Gasteiger partial charge in [-0.05, 0) is 54.8 Å². The fourth-order valence-electron chi connectivity index (χ4n) is 5.62. The number of hydrogen-bond donors (Lipinski definition) is 0. The van der Waals surface area contributed by atoms with Crippen LogP contribution >= 0.6 is 11.6 Å². The molecule has 2 aromatic heterocycles. The molecule has 2 saturated heterocycles. The first-order chi connectivity index (χ1) is 19.9. The molecule has 210 valence electrons. The van der Waals surface area contributed by atoms with Crippen LogP contribution in [0.25, 0.3) is 33.1 Å². The number of nitro groups is 2. The molecule has 0 saturated carbocycles. The predicted molar refractivity (Wildman–Crippen MR) is 157 cm³/mol. The van der Waals surface area contributed by atoms with Crippen molar-refractivity contribution < 1.29 is 19.3 Å². The maximum Gasteiger partial charge on any atom is 0.270 e. The van der Waals surface area contributed by atoms with E-state index in [-0.39, 0.29) is 27.3 Å². The maximum absolute atomic E-state index is 11.1. The number of hydrogen-bond acceptors (Lipinski definition) is 6. The van der Waals surface area contributed by atoms with E-state index in [4.69, 9.17) is 21.1 Å². The molecule has 4 heterocycles. The number of benzene rings is 3. The molecule has 0 amide bonds. The Hall–Kier alpha value is -4.25. The number of non-ortho nitro benzene ring substituents is 2. The van der Waals surface area contributed by atoms with E-state index >= 15 is 0 Å². The molecule has 3 aromatic carbocycles. The van der Waals surface area contributed by atoms with E-state index in [0.717, 1.165) is 65.7 Å². The van der Waals surface area contributed by atoms with Crippen LogP contribution in [0.2, 0.25) is 5.02 Å². The van der Waals surface area contributed by atoms with Gasteiger partial charge in [-0.1, -0.05) is 23.7 Å². The van der Waals surface area contributed by atoms with Crippen LogP contribution in [-0.4, -0.2) is 45.4 Å². The van der Waals surface area contributed by atoms with Gasteiger partial charge in [0.1, 0.15) is 0 Å². The van der Waals surface area contributed by atoms with Crippen LogP contribution in [0, 0.1) is 20.2 Å². The van der Waals surface area contributed by atoms with Gasteiger partial charge in [0.05, 0.1) is 35.1 Å². The van der Waals surface area contributed by atoms with Crippen LogP contribution in [0.1, 0.15) is 24.9 Å². The molecule has 0 radical (unpaired) electrons. The van der Waals surface area contributed by atoms with Crippen molar-refractivity contribution in [1.82, 2.24) is 9.13 Å². The minimum Gasteiger partial charge on any atom is -0.379 e. The number of fused-ring (bicyclic) bond motifs is 2. The molecular weight excluding hydrogens is 548 g/mol. The minimum absolute atomic E-state index is 0.102. The largest absolute Gasteiger partial charge is 0.379 e. The van der Waals surface area contributed by atoms with Crippen LogP contribution in [0.3, 0.4) is 0 Å². The maximum atomic E-state index is 11.1. The molecule has 11 heteroatoms. The second kappa shape index (κ2) is 11.3. The highest BCUT2D eigenvalue weighted by Gasteiger charge is 2.24. The predicted octanol–water partition coefficient (Wildman–Crippen LogP) is 7.34. The van der Waals surface area contributed by atoms with Crippen molar-refractivity contribution >= 4 is 44.8 Å². The van der Waals surface area contributed by atoms with Crippen LogP contribution in [0.4, 0.5) is 11.4 Å². The summed E-state index contributed by atoms with van der Waals surface area (Å²) in [7, 11) is 0. The number of nitrogens with zero attached hydrogens (tertiary/aromatic N) is 4. The lowest BCUT2D eigenvalue weighted by Crippen LogP contribution is -2.09. The smallest absolute Gasteiger partial charge is 0.270 e. The van der Waals surface area contributed by atoms with Gasteiger partial charge < -0.3 is 18.6 Å². The highest BCUT2D eigenvalue weighted by molar-refractivity contribution is 6.30. The highest BCUT2D eigenvalue weighted by atomic mass is 35.5. The first kappa shape index (κ1) is 26.9. The zero-order valence-electron chi connectivity index (χ0n) is 22.0. The van der Waals surface area contributed by atoms with Crippen LogP contribution in [0.15, 0.2) is 79.0 Å². The summed E-state index contributed by atoms with van der Waals surface area (Å²) < 4.78 is 15.3. The fourth-order valence-corrected chi connectivity index (χ4v) is 5.75. The lowest BCUT2D eigenvalue weighted by molar-refractivity contribution is -0.384. The molecular formula is C30H27ClN4O6. The number of nitro benzene ring substituents is 2. The Balaban J connectivity index is 0.000000156. The van der Waals surface area contributed by atoms with Gasteiger partial charge in [-0.3, -0.25) is 20.2 Å². The Morgan fingerprint density at radius 1 is 0.732 bits per heavy atom. The van der Waals surface area contributed by atoms with Crippen molar-refractivity contribution in [2.45, 2.75) is 24.9 Å². The molecule has 0 bridgehead atoms. The number of halogens is 1. The fraction of sp³-hybridized carbons (Fsp3) is 0.267. The molecule has 0 spiro atoms. The van der Waals surface area contributed by atoms with Gasteiger partial charge >= 0.3 is 0 Å². The standard InChI is InChI=1S/C18H15ClN2O3.C12H12N2O3/c19-14-3-1-12(2-4-14)18-10-13-9-15(21(22)23)5-6-17(13)20(18)16-7-8-24-11-16;15-14(16)10-1-2-12-9(7-10)3-5-13(12)11-4-6-17-8-11/h1-6,9-10,16H,7-8,11H2;1-3,5,7,11H,4,6,8H2/t16-;11-/m11/s1. The molecule has 0 N–H and O–H groups in total. The van der Waals surface area contributed by atoms with E-state index in [1.807, 2.05) is 54.7 Å². The molecule has 41 heavy (non-hydrogen) atoms. The lowest BCUT2D eigenvalue weighted by atomic mass is 10.1. The van der Waals surface area contributed by atoms with E-state index < -0.39 is 0 Å². The topological polar surface area (TPSA) is 115 Å². The third-order valence-electron chi connectivity index (χ3n) is 7.66. The monoisotopic (exact) mass is 574 g/mol. The molecule has 0 aliphatic carbocycles. The highest BCUT2D eigenvalue weighted by Crippen LogP contribution is 2.36. The molecule has 2 fully saturated rings. The van der Waals surface area contributed by atoms with Crippen molar-refractivity contribution in [3.05, 3.63) is 104 Å². The van der Waals surface area contributed by atoms with E-state index in [9.17, 15) is 20.2 Å². The van der Waals surface area contributed by atoms with Gasteiger partial charge in [0.25, 0.3) is 11.4 Å². The summed E-state index contributed by atoms with van der Waals surface area (Å²) in [6.07, 6.45) is 3.91. The molecule has 2 atom stereocenters. The first-order valence-corrected chi connectivity index (χ1v) is 13.7. The van der Waals surface area contributed by atoms with Crippen LogP contribution in [-0.2, 0) is 9.47 Å². The van der Waals surface area contributed by atoms with Gasteiger partial charge in [-0.2, -0.15) is 0 Å². The van der Waals surface area contributed by atoms with Gasteiger partial charge in [-0.25, -0.2) is 0 Å². The van der Waals surface area contributed by atoms with Crippen molar-refractivity contribution in [3.8, 4) is 11.3 Å². The zero-order chi connectivity index (χ0) is 28.5. The van der Waals surface area contributed by atoms with Crippen LogP contribution < -0.4 is 0 Å². The van der Waals surface area contributed by atoms with Gasteiger partial charge in [0, 0.05) is 76.2 Å². The summed E-state index contributed by atoms with van der Waals surface area (Å²) in [6, 6.07) is 22.1. The van der Waals surface area contributed by atoms with Gasteiger partial charge in [0.15, 0.2) is 0 Å². The van der Waals surface area contributed by atoms with Crippen LogP contribution in [0.5, 0.6) is 0 Å². The molecule has 5 aromatic rings. The molecule has 0 unspecified atom stereocenters. The second-order valence-corrected chi connectivity index (χ2v) is 10.6. The first-order valence-electron chi connectivity index (χ1n) is 13.3. The Kier molecular flexibility index (Phi) is 7.44. The number of aromatic nitrogens is 2. The molecule has 10 nitrogen and oxygen atoms in total. The minimum atomic E-state index is -0.366. The summed E-state index contributed by atoms with van der Waals surface area (Å²) in [5.41, 5.74) is 4.32. The summed E-state index contributed by atoms with van der Waals surface area (Å²) in [6.45, 7) is 2.90. The Morgan fingerprint density at radius 2 is 1.34 bits per heavy atom. The molecule has 7 rings (SSSR count). The van der Waals surface area contributed by atoms with Gasteiger partial charge in [0.2, 0.25) is 0 Å². The molecule has 2 aliphatic rings. The average Bonchev–Trinajstić information content (AvgIpc) is 3.78. The summed E-state index contributed by atoms with van der Waals surface area (Å²) in [4.78, 5) is 21.0. The zero-order valence-corrected chi connectivity index (χ0v) is 22.8. The van der Waals surface area contributed by atoms with Crippen molar-refractivity contribution in [1.29, 1.82) is 0 Å². The van der Waals surface area contributed by atoms with E-state index in [1.54, 1.807) is 24.3 Å². The number of ether oxygens (including phenoxy) is 2. The normalized spacial score (nSPS) is 18.5. The molecule has 2 aliphatic heterocycles. The van der Waals surface area contributed by atoms with Crippen molar-refractivity contribution in [2.24, 2.45) is 0 Å². The summed E-state index contributed by atoms with van der Waals surface area (Å²) in [5.74, 6) is 0. The Morgan fingerprint density at radius 3 is 1.95 bits per heavy atom. The lowest BCUT2D eigenvalue weighted by Gasteiger charge is -2.17. The van der Waals surface area contributed by atoms with Gasteiger partial charge in [-0.15, -0.1) is 0 Å². The quantitative estimate of drug-likeness (QED) is 0.160. The Labute approximate surface area is 239 Å². The Bertz CT molecular complexity index is 1730. The van der Waals surface area contributed by atoms with E-state index in [0.29, 0.717) is 17.7 Å². The SMILES string of the molecule is O=[N+]([O-])c1ccc2c(c1)cc(-c1ccc(Cl)cc1)n2[C@@H]1CCOC1.O=[N+]([O-])c1ccc2c(ccn2[C@@H]2CCOC2)c1. The third kappa shape index (κ3) is 5.41. The average molecular weight is 575 g/mol. The second-order valence-electron chi connectivity index (χ2n) is 10.2.